The highest BCUT2D eigenvalue weighted by Gasteiger charge is 2.51. The van der Waals surface area contributed by atoms with Crippen LogP contribution in [0.2, 0.25) is 0 Å². The van der Waals surface area contributed by atoms with Gasteiger partial charge in [-0.1, -0.05) is 60.7 Å². The minimum Gasteiger partial charge on any atom is -0.407 e. The van der Waals surface area contributed by atoms with Crippen molar-refractivity contribution in [3.63, 3.8) is 0 Å². The van der Waals surface area contributed by atoms with Gasteiger partial charge in [-0.15, -0.1) is 11.6 Å². The van der Waals surface area contributed by atoms with E-state index in [0.717, 1.165) is 11.1 Å². The first-order valence-electron chi connectivity index (χ1n) is 7.89. The van der Waals surface area contributed by atoms with Gasteiger partial charge in [0.15, 0.2) is 11.3 Å². The maximum absolute atomic E-state index is 12.7. The molecule has 0 bridgehead atoms. The maximum atomic E-state index is 12.7. The van der Waals surface area contributed by atoms with Gasteiger partial charge in [-0.2, -0.15) is 0 Å². The molecule has 2 aromatic carbocycles. The zero-order valence-electron chi connectivity index (χ0n) is 13.2. The van der Waals surface area contributed by atoms with Gasteiger partial charge in [-0.25, -0.2) is 4.79 Å². The Morgan fingerprint density at radius 2 is 1.60 bits per heavy atom. The predicted octanol–water partition coefficient (Wildman–Crippen LogP) is 2.84. The Hall–Kier alpha value is -2.79. The topological polar surface area (TPSA) is 64.2 Å². The van der Waals surface area contributed by atoms with Crippen LogP contribution in [0.1, 0.15) is 0 Å². The summed E-state index contributed by atoms with van der Waals surface area (Å²) in [6.07, 6.45) is 0. The van der Waals surface area contributed by atoms with E-state index in [-0.39, 0.29) is 11.8 Å². The van der Waals surface area contributed by atoms with E-state index in [9.17, 15) is 9.59 Å². The number of halogens is 1. The highest BCUT2D eigenvalue weighted by Crippen LogP contribution is 2.36. The van der Waals surface area contributed by atoms with Crippen LogP contribution in [-0.4, -0.2) is 22.9 Å². The van der Waals surface area contributed by atoms with Gasteiger partial charge < -0.3 is 9.73 Å². The number of aromatic nitrogens is 1. The zero-order valence-corrected chi connectivity index (χ0v) is 14.0. The minimum atomic E-state index is -1.12. The third kappa shape index (κ3) is 2.31. The van der Waals surface area contributed by atoms with Gasteiger partial charge in [0.25, 0.3) is 0 Å². The molecule has 1 unspecified atom stereocenters. The first kappa shape index (κ1) is 15.7. The van der Waals surface area contributed by atoms with Crippen molar-refractivity contribution in [2.24, 2.45) is 0 Å². The quantitative estimate of drug-likeness (QED) is 0.579. The number of hydrogen-bond donors (Lipinski definition) is 1. The molecule has 6 heteroatoms. The smallest absolute Gasteiger partial charge is 0.407 e. The van der Waals surface area contributed by atoms with Crippen LogP contribution in [-0.2, 0) is 10.3 Å². The van der Waals surface area contributed by atoms with Crippen LogP contribution in [0, 0.1) is 0 Å². The van der Waals surface area contributed by atoms with E-state index in [4.69, 9.17) is 16.0 Å². The monoisotopic (exact) mass is 354 g/mol. The van der Waals surface area contributed by atoms with E-state index in [1.165, 1.54) is 4.57 Å². The van der Waals surface area contributed by atoms with Crippen molar-refractivity contribution >= 4 is 17.5 Å². The average Bonchev–Trinajstić information content (AvgIpc) is 3.00. The molecule has 1 saturated heterocycles. The Kier molecular flexibility index (Phi) is 3.73. The number of carbonyl (C=O) groups is 1. The van der Waals surface area contributed by atoms with Crippen LogP contribution in [0.15, 0.2) is 69.9 Å². The molecule has 25 heavy (non-hydrogen) atoms. The molecule has 4 rings (SSSR count). The number of nitrogens with zero attached hydrogens (tertiary/aromatic N) is 1. The van der Waals surface area contributed by atoms with Crippen molar-refractivity contribution < 1.29 is 9.21 Å². The first-order chi connectivity index (χ1) is 12.2. The van der Waals surface area contributed by atoms with Gasteiger partial charge >= 0.3 is 5.76 Å². The van der Waals surface area contributed by atoms with Crippen LogP contribution in [0.3, 0.4) is 0 Å². The Balaban J connectivity index is 2.04. The number of β-lactam (4-membered cyclic amide) rings is 1. The van der Waals surface area contributed by atoms with Gasteiger partial charge in [-0.05, 0) is 0 Å². The number of amides is 1. The second-order valence-electron chi connectivity index (χ2n) is 5.96. The molecule has 0 radical (unpaired) electrons. The molecule has 126 valence electrons. The van der Waals surface area contributed by atoms with Crippen molar-refractivity contribution in [3.05, 3.63) is 71.2 Å². The number of alkyl halides is 1. The molecule has 1 amide bonds. The summed E-state index contributed by atoms with van der Waals surface area (Å²) >= 11 is 6.11. The van der Waals surface area contributed by atoms with Crippen molar-refractivity contribution in [1.29, 1.82) is 0 Å². The Morgan fingerprint density at radius 1 is 1.00 bits per heavy atom. The third-order valence-corrected chi connectivity index (χ3v) is 4.95. The number of carbonyl (C=O) groups excluding carboxylic acids is 1. The molecule has 1 aliphatic heterocycles. The number of oxazole rings is 1. The normalized spacial score (nSPS) is 19.3. The number of benzene rings is 2. The molecule has 0 saturated carbocycles. The number of hydrogen-bond acceptors (Lipinski definition) is 3. The second-order valence-corrected chi connectivity index (χ2v) is 6.23. The lowest BCUT2D eigenvalue weighted by Crippen LogP contribution is -2.68. The largest absolute Gasteiger partial charge is 0.421 e. The summed E-state index contributed by atoms with van der Waals surface area (Å²) in [5, 5.41) is 2.68. The minimum absolute atomic E-state index is 0.00760. The highest BCUT2D eigenvalue weighted by molar-refractivity contribution is 6.21. The summed E-state index contributed by atoms with van der Waals surface area (Å²) in [6, 6.07) is 18.8. The number of rotatable bonds is 4. The summed E-state index contributed by atoms with van der Waals surface area (Å²) in [6.45, 7) is 0.294. The van der Waals surface area contributed by atoms with Crippen molar-refractivity contribution in [2.75, 3.05) is 12.4 Å². The van der Waals surface area contributed by atoms with E-state index in [1.807, 2.05) is 60.7 Å². The van der Waals surface area contributed by atoms with E-state index in [2.05, 4.69) is 5.32 Å². The van der Waals surface area contributed by atoms with Crippen LogP contribution in [0.25, 0.3) is 22.6 Å². The van der Waals surface area contributed by atoms with E-state index < -0.39 is 11.3 Å². The van der Waals surface area contributed by atoms with Crippen molar-refractivity contribution in [3.8, 4) is 22.6 Å². The summed E-state index contributed by atoms with van der Waals surface area (Å²) < 4.78 is 6.99. The van der Waals surface area contributed by atoms with E-state index in [1.54, 1.807) is 0 Å². The highest BCUT2D eigenvalue weighted by atomic mass is 35.5. The lowest BCUT2D eigenvalue weighted by molar-refractivity contribution is -0.137. The summed E-state index contributed by atoms with van der Waals surface area (Å²) in [5.41, 5.74) is 0.991. The maximum Gasteiger partial charge on any atom is 0.421 e. The Bertz CT molecular complexity index is 975. The fourth-order valence-electron chi connectivity index (χ4n) is 3.12. The lowest BCUT2D eigenvalue weighted by atomic mass is 9.91. The van der Waals surface area contributed by atoms with Crippen LogP contribution < -0.4 is 11.1 Å². The second kappa shape index (κ2) is 5.93. The third-order valence-electron chi connectivity index (χ3n) is 4.51. The summed E-state index contributed by atoms with van der Waals surface area (Å²) in [7, 11) is 0. The molecule has 1 aromatic heterocycles. The number of nitrogens with one attached hydrogen (secondary N) is 1. The summed E-state index contributed by atoms with van der Waals surface area (Å²) in [4.78, 5) is 25.0. The SMILES string of the molecule is O=C1NCC1(CCl)n1c(-c2ccccc2)c(-c2ccccc2)oc1=O. The van der Waals surface area contributed by atoms with Gasteiger partial charge in [0.1, 0.15) is 0 Å². The predicted molar refractivity (Wildman–Crippen MR) is 95.5 cm³/mol. The Labute approximate surface area is 148 Å². The van der Waals surface area contributed by atoms with Gasteiger partial charge in [-0.3, -0.25) is 9.36 Å². The van der Waals surface area contributed by atoms with Crippen molar-refractivity contribution in [1.82, 2.24) is 9.88 Å². The van der Waals surface area contributed by atoms with Crippen molar-refractivity contribution in [2.45, 2.75) is 5.54 Å². The molecule has 1 aliphatic rings. The van der Waals surface area contributed by atoms with Crippen LogP contribution in [0.4, 0.5) is 0 Å². The average molecular weight is 355 g/mol. The molecule has 1 fully saturated rings. The molecule has 3 aromatic rings. The van der Waals surface area contributed by atoms with E-state index in [0.29, 0.717) is 18.0 Å². The van der Waals surface area contributed by atoms with E-state index >= 15 is 0 Å². The molecule has 1 N–H and O–H groups in total. The molecular formula is C19H15ClN2O3. The zero-order chi connectivity index (χ0) is 17.4. The fraction of sp³-hybridized carbons (Fsp3) is 0.158. The molecular weight excluding hydrogens is 340 g/mol. The van der Waals surface area contributed by atoms with Crippen LogP contribution >= 0.6 is 11.6 Å². The molecule has 1 atom stereocenters. The molecule has 0 aliphatic carbocycles. The first-order valence-corrected chi connectivity index (χ1v) is 8.42. The fourth-order valence-corrected chi connectivity index (χ4v) is 3.45. The van der Waals surface area contributed by atoms with Gasteiger partial charge in [0, 0.05) is 11.1 Å². The lowest BCUT2D eigenvalue weighted by Gasteiger charge is -2.40. The van der Waals surface area contributed by atoms with Gasteiger partial charge in [0.2, 0.25) is 5.91 Å². The Morgan fingerprint density at radius 3 is 2.08 bits per heavy atom. The molecule has 5 nitrogen and oxygen atoms in total. The van der Waals surface area contributed by atoms with Gasteiger partial charge in [0.05, 0.1) is 18.1 Å². The van der Waals surface area contributed by atoms with Crippen LogP contribution in [0.5, 0.6) is 0 Å². The standard InChI is InChI=1S/C19H15ClN2O3/c20-11-19(12-21-17(19)23)22-15(13-7-3-1-4-8-13)16(25-18(22)24)14-9-5-2-6-10-14/h1-10H,11-12H2,(H,21,23). The molecule has 0 spiro atoms. The molecule has 2 heterocycles. The summed E-state index contributed by atoms with van der Waals surface area (Å²) in [5.74, 6) is -0.442.